The van der Waals surface area contributed by atoms with E-state index in [0.29, 0.717) is 5.75 Å². The maximum Gasteiger partial charge on any atom is 0.115 e. The lowest BCUT2D eigenvalue weighted by atomic mass is 9.77. The lowest BCUT2D eigenvalue weighted by Gasteiger charge is -2.28. The van der Waals surface area contributed by atoms with E-state index in [1.54, 1.807) is 0 Å². The average Bonchev–Trinajstić information content (AvgIpc) is 2.38. The second-order valence-corrected chi connectivity index (χ2v) is 5.45. The van der Waals surface area contributed by atoms with Crippen LogP contribution in [0.2, 0.25) is 0 Å². The second-order valence-electron chi connectivity index (χ2n) is 5.45. The van der Waals surface area contributed by atoms with Crippen LogP contribution in [0.15, 0.2) is 24.3 Å². The molecule has 1 aliphatic rings. The standard InChI is InChI=1S/C16H24O/c1-2-3-4-13-5-7-14(8-6-13)15-9-11-16(17)12-10-15/h9-14,17H,2-8H2,1H3. The first-order valence-corrected chi connectivity index (χ1v) is 7.08. The third-order valence-electron chi connectivity index (χ3n) is 4.18. The topological polar surface area (TPSA) is 20.2 Å². The summed E-state index contributed by atoms with van der Waals surface area (Å²) in [5, 5.41) is 9.29. The molecule has 0 aromatic heterocycles. The van der Waals surface area contributed by atoms with Crippen LogP contribution in [0.1, 0.15) is 63.4 Å². The molecule has 1 heteroatoms. The van der Waals surface area contributed by atoms with Crippen LogP contribution in [-0.2, 0) is 0 Å². The molecule has 1 saturated carbocycles. The van der Waals surface area contributed by atoms with Crippen LogP contribution in [0, 0.1) is 5.92 Å². The van der Waals surface area contributed by atoms with Crippen molar-refractivity contribution in [1.82, 2.24) is 0 Å². The van der Waals surface area contributed by atoms with Crippen molar-refractivity contribution in [2.75, 3.05) is 0 Å². The van der Waals surface area contributed by atoms with Gasteiger partial charge in [0.15, 0.2) is 0 Å². The van der Waals surface area contributed by atoms with E-state index in [1.165, 1.54) is 50.5 Å². The average molecular weight is 232 g/mol. The van der Waals surface area contributed by atoms with E-state index >= 15 is 0 Å². The molecule has 0 heterocycles. The van der Waals surface area contributed by atoms with Gasteiger partial charge in [0.05, 0.1) is 0 Å². The predicted octanol–water partition coefficient (Wildman–Crippen LogP) is 4.86. The number of hydrogen-bond acceptors (Lipinski definition) is 1. The summed E-state index contributed by atoms with van der Waals surface area (Å²) in [4.78, 5) is 0. The highest BCUT2D eigenvalue weighted by molar-refractivity contribution is 5.28. The first kappa shape index (κ1) is 12.5. The van der Waals surface area contributed by atoms with E-state index in [1.807, 2.05) is 12.1 Å². The maximum atomic E-state index is 9.29. The largest absolute Gasteiger partial charge is 0.508 e. The van der Waals surface area contributed by atoms with Crippen molar-refractivity contribution in [2.45, 2.75) is 57.8 Å². The summed E-state index contributed by atoms with van der Waals surface area (Å²) in [7, 11) is 0. The fourth-order valence-corrected chi connectivity index (χ4v) is 3.02. The summed E-state index contributed by atoms with van der Waals surface area (Å²) in [6.07, 6.45) is 9.61. The SMILES string of the molecule is CCCCC1CCC(c2ccc(O)cc2)CC1. The molecule has 0 bridgehead atoms. The van der Waals surface area contributed by atoms with E-state index < -0.39 is 0 Å². The molecule has 0 unspecified atom stereocenters. The third kappa shape index (κ3) is 3.49. The van der Waals surface area contributed by atoms with Crippen LogP contribution in [-0.4, -0.2) is 5.11 Å². The maximum absolute atomic E-state index is 9.29. The monoisotopic (exact) mass is 232 g/mol. The van der Waals surface area contributed by atoms with Crippen LogP contribution < -0.4 is 0 Å². The highest BCUT2D eigenvalue weighted by atomic mass is 16.3. The second kappa shape index (κ2) is 6.09. The zero-order valence-electron chi connectivity index (χ0n) is 10.9. The molecular weight excluding hydrogens is 208 g/mol. The number of aromatic hydroxyl groups is 1. The quantitative estimate of drug-likeness (QED) is 0.786. The van der Waals surface area contributed by atoms with Gasteiger partial charge in [-0.15, -0.1) is 0 Å². The molecule has 1 aromatic rings. The van der Waals surface area contributed by atoms with Gasteiger partial charge in [-0.2, -0.15) is 0 Å². The molecule has 1 aliphatic carbocycles. The van der Waals surface area contributed by atoms with Gasteiger partial charge in [0.25, 0.3) is 0 Å². The molecule has 17 heavy (non-hydrogen) atoms. The van der Waals surface area contributed by atoms with Gasteiger partial charge in [0.2, 0.25) is 0 Å². The lowest BCUT2D eigenvalue weighted by molar-refractivity contribution is 0.304. The summed E-state index contributed by atoms with van der Waals surface area (Å²) in [6, 6.07) is 7.82. The molecule has 1 nitrogen and oxygen atoms in total. The summed E-state index contributed by atoms with van der Waals surface area (Å²) in [5.41, 5.74) is 1.41. The number of hydrogen-bond donors (Lipinski definition) is 1. The van der Waals surface area contributed by atoms with Crippen LogP contribution in [0.25, 0.3) is 0 Å². The number of rotatable bonds is 4. The van der Waals surface area contributed by atoms with E-state index in [9.17, 15) is 5.11 Å². The van der Waals surface area contributed by atoms with E-state index in [0.717, 1.165) is 11.8 Å². The Labute approximate surface area is 105 Å². The van der Waals surface area contributed by atoms with Crippen LogP contribution in [0.3, 0.4) is 0 Å². The fraction of sp³-hybridized carbons (Fsp3) is 0.625. The fourth-order valence-electron chi connectivity index (χ4n) is 3.02. The molecular formula is C16H24O. The lowest BCUT2D eigenvalue weighted by Crippen LogP contribution is -2.13. The summed E-state index contributed by atoms with van der Waals surface area (Å²) in [6.45, 7) is 2.28. The van der Waals surface area contributed by atoms with Crippen molar-refractivity contribution in [1.29, 1.82) is 0 Å². The minimum Gasteiger partial charge on any atom is -0.508 e. The van der Waals surface area contributed by atoms with E-state index in [-0.39, 0.29) is 0 Å². The Morgan fingerprint density at radius 2 is 1.71 bits per heavy atom. The Bertz CT molecular complexity index is 320. The van der Waals surface area contributed by atoms with Gasteiger partial charge in [0, 0.05) is 0 Å². The van der Waals surface area contributed by atoms with Gasteiger partial charge in [-0.05, 0) is 55.2 Å². The normalized spacial score (nSPS) is 24.8. The van der Waals surface area contributed by atoms with Gasteiger partial charge in [-0.1, -0.05) is 38.3 Å². The zero-order valence-corrected chi connectivity index (χ0v) is 10.9. The molecule has 0 radical (unpaired) electrons. The minimum atomic E-state index is 0.380. The Morgan fingerprint density at radius 3 is 2.29 bits per heavy atom. The van der Waals surface area contributed by atoms with Crippen molar-refractivity contribution in [2.24, 2.45) is 5.92 Å². The molecule has 94 valence electrons. The number of phenols is 1. The van der Waals surface area contributed by atoms with Gasteiger partial charge < -0.3 is 5.11 Å². The number of phenolic OH excluding ortho intramolecular Hbond substituents is 1. The van der Waals surface area contributed by atoms with E-state index in [4.69, 9.17) is 0 Å². The molecule has 0 amide bonds. The van der Waals surface area contributed by atoms with Crippen LogP contribution in [0.5, 0.6) is 5.75 Å². The molecule has 0 aliphatic heterocycles. The van der Waals surface area contributed by atoms with E-state index in [2.05, 4.69) is 19.1 Å². The summed E-state index contributed by atoms with van der Waals surface area (Å²) >= 11 is 0. The Hall–Kier alpha value is -0.980. The molecule has 0 saturated heterocycles. The highest BCUT2D eigenvalue weighted by Crippen LogP contribution is 2.37. The smallest absolute Gasteiger partial charge is 0.115 e. The summed E-state index contributed by atoms with van der Waals surface area (Å²) < 4.78 is 0. The zero-order chi connectivity index (χ0) is 12.1. The van der Waals surface area contributed by atoms with Gasteiger partial charge >= 0.3 is 0 Å². The van der Waals surface area contributed by atoms with Crippen molar-refractivity contribution in [3.05, 3.63) is 29.8 Å². The van der Waals surface area contributed by atoms with Gasteiger partial charge in [-0.3, -0.25) is 0 Å². The number of benzene rings is 1. The Morgan fingerprint density at radius 1 is 1.06 bits per heavy atom. The van der Waals surface area contributed by atoms with Crippen LogP contribution in [0.4, 0.5) is 0 Å². The van der Waals surface area contributed by atoms with Crippen LogP contribution >= 0.6 is 0 Å². The third-order valence-corrected chi connectivity index (χ3v) is 4.18. The molecule has 1 N–H and O–H groups in total. The van der Waals surface area contributed by atoms with Crippen molar-refractivity contribution >= 4 is 0 Å². The Balaban J connectivity index is 1.84. The van der Waals surface area contributed by atoms with Crippen molar-refractivity contribution in [3.8, 4) is 5.75 Å². The molecule has 0 atom stereocenters. The van der Waals surface area contributed by atoms with Crippen molar-refractivity contribution < 1.29 is 5.11 Å². The first-order valence-electron chi connectivity index (χ1n) is 7.08. The molecule has 0 spiro atoms. The van der Waals surface area contributed by atoms with Gasteiger partial charge in [-0.25, -0.2) is 0 Å². The highest BCUT2D eigenvalue weighted by Gasteiger charge is 2.21. The predicted molar refractivity (Wildman–Crippen MR) is 72.3 cm³/mol. The molecule has 1 fully saturated rings. The number of unbranched alkanes of at least 4 members (excludes halogenated alkanes) is 1. The summed E-state index contributed by atoms with van der Waals surface area (Å²) in [5.74, 6) is 2.09. The molecule has 2 rings (SSSR count). The molecule has 1 aromatic carbocycles. The minimum absolute atomic E-state index is 0.380. The van der Waals surface area contributed by atoms with Gasteiger partial charge in [0.1, 0.15) is 5.75 Å². The Kier molecular flexibility index (Phi) is 4.47. The van der Waals surface area contributed by atoms with Crippen molar-refractivity contribution in [3.63, 3.8) is 0 Å². The first-order chi connectivity index (χ1) is 8.29.